The zero-order chi connectivity index (χ0) is 11.5. The zero-order valence-corrected chi connectivity index (χ0v) is 9.67. The van der Waals surface area contributed by atoms with E-state index in [0.717, 1.165) is 10.7 Å². The van der Waals surface area contributed by atoms with E-state index in [9.17, 15) is 4.39 Å². The highest BCUT2D eigenvalue weighted by atomic mass is 32.1. The maximum Gasteiger partial charge on any atom is 0.141 e. The predicted octanol–water partition coefficient (Wildman–Crippen LogP) is 2.41. The average Bonchev–Trinajstić information content (AvgIpc) is 2.78. The predicted molar refractivity (Wildman–Crippen MR) is 62.8 cm³/mol. The fourth-order valence-corrected chi connectivity index (χ4v) is 2.15. The Kier molecular flexibility index (Phi) is 3.26. The molecule has 0 saturated carbocycles. The molecule has 0 saturated heterocycles. The molecule has 0 amide bonds. The molecule has 2 heterocycles. The van der Waals surface area contributed by atoms with Gasteiger partial charge < -0.3 is 5.73 Å². The van der Waals surface area contributed by atoms with Crippen molar-refractivity contribution in [2.75, 3.05) is 6.54 Å². The van der Waals surface area contributed by atoms with E-state index in [2.05, 4.69) is 9.97 Å². The molecule has 0 aromatic carbocycles. The van der Waals surface area contributed by atoms with Crippen LogP contribution < -0.4 is 5.73 Å². The summed E-state index contributed by atoms with van der Waals surface area (Å²) < 4.78 is 12.7. The van der Waals surface area contributed by atoms with Crippen molar-refractivity contribution in [1.29, 1.82) is 0 Å². The van der Waals surface area contributed by atoms with Crippen molar-refractivity contribution in [3.63, 3.8) is 0 Å². The van der Waals surface area contributed by atoms with Gasteiger partial charge in [0.1, 0.15) is 5.82 Å². The molecule has 0 aliphatic rings. The van der Waals surface area contributed by atoms with Gasteiger partial charge in [0.15, 0.2) is 0 Å². The van der Waals surface area contributed by atoms with E-state index in [1.54, 1.807) is 17.4 Å². The lowest BCUT2D eigenvalue weighted by molar-refractivity contribution is 0.622. The second-order valence-corrected chi connectivity index (χ2v) is 4.46. The molecule has 0 spiro atoms. The van der Waals surface area contributed by atoms with Crippen LogP contribution in [-0.2, 0) is 0 Å². The molecule has 1 unspecified atom stereocenters. The third kappa shape index (κ3) is 2.25. The number of nitrogens with two attached hydrogens (primary N) is 1. The molecule has 1 atom stereocenters. The third-order valence-electron chi connectivity index (χ3n) is 2.29. The van der Waals surface area contributed by atoms with Gasteiger partial charge in [0, 0.05) is 17.8 Å². The van der Waals surface area contributed by atoms with Crippen molar-refractivity contribution in [2.45, 2.75) is 12.8 Å². The van der Waals surface area contributed by atoms with Gasteiger partial charge in [0.25, 0.3) is 0 Å². The number of hydrogen-bond acceptors (Lipinski definition) is 4. The smallest absolute Gasteiger partial charge is 0.141 e. The molecule has 3 nitrogen and oxygen atoms in total. The average molecular weight is 237 g/mol. The number of rotatable bonds is 3. The first-order valence-electron chi connectivity index (χ1n) is 4.98. The van der Waals surface area contributed by atoms with Crippen LogP contribution in [0.25, 0.3) is 11.4 Å². The second kappa shape index (κ2) is 4.67. The fourth-order valence-electron chi connectivity index (χ4n) is 1.26. The Bertz CT molecular complexity index is 466. The maximum absolute atomic E-state index is 12.7. The van der Waals surface area contributed by atoms with Gasteiger partial charge in [0.05, 0.1) is 22.6 Å². The second-order valence-electron chi connectivity index (χ2n) is 3.57. The van der Waals surface area contributed by atoms with Gasteiger partial charge in [-0.05, 0) is 12.1 Å². The van der Waals surface area contributed by atoms with Crippen LogP contribution in [0, 0.1) is 5.82 Å². The molecule has 0 radical (unpaired) electrons. The van der Waals surface area contributed by atoms with Gasteiger partial charge in [0.2, 0.25) is 0 Å². The van der Waals surface area contributed by atoms with Crippen LogP contribution in [0.2, 0.25) is 0 Å². The van der Waals surface area contributed by atoms with E-state index in [1.165, 1.54) is 12.3 Å². The van der Waals surface area contributed by atoms with Gasteiger partial charge in [-0.25, -0.2) is 9.37 Å². The van der Waals surface area contributed by atoms with Crippen molar-refractivity contribution >= 4 is 11.3 Å². The summed E-state index contributed by atoms with van der Waals surface area (Å²) in [5.41, 5.74) is 7.04. The molecule has 2 aromatic rings. The largest absolute Gasteiger partial charge is 0.330 e. The summed E-state index contributed by atoms with van der Waals surface area (Å²) in [6.07, 6.45) is 1.20. The normalized spacial score (nSPS) is 12.7. The van der Waals surface area contributed by atoms with Gasteiger partial charge in [-0.3, -0.25) is 4.98 Å². The number of halogens is 1. The van der Waals surface area contributed by atoms with Gasteiger partial charge >= 0.3 is 0 Å². The molecule has 2 N–H and O–H groups in total. The molecule has 2 rings (SSSR count). The van der Waals surface area contributed by atoms with E-state index in [0.29, 0.717) is 12.2 Å². The summed E-state index contributed by atoms with van der Waals surface area (Å²) in [5, 5.41) is 2.91. The standard InChI is InChI=1S/C11H12FN3S/c1-7(4-13)11-15-10(6-16-11)9-3-2-8(12)5-14-9/h2-3,5-7H,4,13H2,1H3. The quantitative estimate of drug-likeness (QED) is 0.891. The summed E-state index contributed by atoms with van der Waals surface area (Å²) in [6.45, 7) is 2.60. The Balaban J connectivity index is 2.28. The summed E-state index contributed by atoms with van der Waals surface area (Å²) >= 11 is 1.56. The first kappa shape index (κ1) is 11.2. The maximum atomic E-state index is 12.7. The summed E-state index contributed by atoms with van der Waals surface area (Å²) in [5.74, 6) is -0.0891. The van der Waals surface area contributed by atoms with E-state index >= 15 is 0 Å². The SMILES string of the molecule is CC(CN)c1nc(-c2ccc(F)cn2)cs1. The number of thiazole rings is 1. The summed E-state index contributed by atoms with van der Waals surface area (Å²) in [7, 11) is 0. The number of nitrogens with zero attached hydrogens (tertiary/aromatic N) is 2. The molecule has 5 heteroatoms. The zero-order valence-electron chi connectivity index (χ0n) is 8.85. The number of pyridine rings is 1. The summed E-state index contributed by atoms with van der Waals surface area (Å²) in [6, 6.07) is 3.01. The van der Waals surface area contributed by atoms with Crippen LogP contribution in [0.3, 0.4) is 0 Å². The molecular formula is C11H12FN3S. The van der Waals surface area contributed by atoms with Gasteiger partial charge in [-0.15, -0.1) is 11.3 Å². The molecule has 0 bridgehead atoms. The van der Waals surface area contributed by atoms with Crippen molar-refractivity contribution in [3.8, 4) is 11.4 Å². The monoisotopic (exact) mass is 237 g/mol. The van der Waals surface area contributed by atoms with Gasteiger partial charge in [-0.2, -0.15) is 0 Å². The van der Waals surface area contributed by atoms with Crippen LogP contribution in [0.1, 0.15) is 17.8 Å². The minimum Gasteiger partial charge on any atom is -0.330 e. The van der Waals surface area contributed by atoms with E-state index < -0.39 is 0 Å². The lowest BCUT2D eigenvalue weighted by atomic mass is 10.2. The van der Waals surface area contributed by atoms with E-state index in [-0.39, 0.29) is 11.7 Å². The van der Waals surface area contributed by atoms with Crippen LogP contribution >= 0.6 is 11.3 Å². The van der Waals surface area contributed by atoms with Crippen molar-refractivity contribution in [1.82, 2.24) is 9.97 Å². The Hall–Kier alpha value is -1.33. The molecular weight excluding hydrogens is 225 g/mol. The van der Waals surface area contributed by atoms with Crippen molar-refractivity contribution in [3.05, 3.63) is 34.5 Å². The number of hydrogen-bond donors (Lipinski definition) is 1. The van der Waals surface area contributed by atoms with Crippen molar-refractivity contribution < 1.29 is 4.39 Å². The van der Waals surface area contributed by atoms with Crippen LogP contribution in [-0.4, -0.2) is 16.5 Å². The lowest BCUT2D eigenvalue weighted by Crippen LogP contribution is -2.08. The lowest BCUT2D eigenvalue weighted by Gasteiger charge is -2.01. The highest BCUT2D eigenvalue weighted by Crippen LogP contribution is 2.24. The molecule has 2 aromatic heterocycles. The minimum absolute atomic E-state index is 0.249. The Morgan fingerprint density at radius 2 is 2.25 bits per heavy atom. The Morgan fingerprint density at radius 1 is 1.44 bits per heavy atom. The molecule has 0 aliphatic heterocycles. The molecule has 0 fully saturated rings. The topological polar surface area (TPSA) is 51.8 Å². The van der Waals surface area contributed by atoms with Crippen LogP contribution in [0.5, 0.6) is 0 Å². The van der Waals surface area contributed by atoms with Crippen molar-refractivity contribution in [2.24, 2.45) is 5.73 Å². The fraction of sp³-hybridized carbons (Fsp3) is 0.273. The van der Waals surface area contributed by atoms with E-state index in [4.69, 9.17) is 5.73 Å². The first-order valence-corrected chi connectivity index (χ1v) is 5.86. The first-order chi connectivity index (χ1) is 7.70. The van der Waals surface area contributed by atoms with Gasteiger partial charge in [-0.1, -0.05) is 6.92 Å². The Morgan fingerprint density at radius 3 is 2.88 bits per heavy atom. The summed E-state index contributed by atoms with van der Waals surface area (Å²) in [4.78, 5) is 8.42. The Labute approximate surface area is 97.2 Å². The number of aromatic nitrogens is 2. The molecule has 16 heavy (non-hydrogen) atoms. The third-order valence-corrected chi connectivity index (χ3v) is 3.36. The highest BCUT2D eigenvalue weighted by molar-refractivity contribution is 7.10. The van der Waals surface area contributed by atoms with Crippen LogP contribution in [0.4, 0.5) is 4.39 Å². The molecule has 0 aliphatic carbocycles. The van der Waals surface area contributed by atoms with Crippen LogP contribution in [0.15, 0.2) is 23.7 Å². The molecule has 84 valence electrons. The minimum atomic E-state index is -0.338. The highest BCUT2D eigenvalue weighted by Gasteiger charge is 2.10. The van der Waals surface area contributed by atoms with E-state index in [1.807, 2.05) is 12.3 Å².